The number of nitriles is 1. The van der Waals surface area contributed by atoms with Crippen LogP contribution in [0.1, 0.15) is 12.5 Å². The Morgan fingerprint density at radius 3 is 3.06 bits per heavy atom. The first kappa shape index (κ1) is 12.7. The van der Waals surface area contributed by atoms with Crippen molar-refractivity contribution in [3.63, 3.8) is 0 Å². The lowest BCUT2D eigenvalue weighted by atomic mass is 10.1. The fraction of sp³-hybridized carbons (Fsp3) is 0.417. The summed E-state index contributed by atoms with van der Waals surface area (Å²) in [6, 6.07) is 5.33. The molecule has 0 saturated carbocycles. The Hall–Kier alpha value is -1.80. The number of pyridine rings is 1. The van der Waals surface area contributed by atoms with E-state index in [1.54, 1.807) is 30.2 Å². The van der Waals surface area contributed by atoms with Crippen molar-refractivity contribution < 1.29 is 9.53 Å². The highest BCUT2D eigenvalue weighted by Gasteiger charge is 2.34. The van der Waals surface area contributed by atoms with E-state index in [0.717, 1.165) is 0 Å². The second-order valence-corrected chi connectivity index (χ2v) is 4.72. The fourth-order valence-corrected chi connectivity index (χ4v) is 1.81. The van der Waals surface area contributed by atoms with Crippen LogP contribution in [0.3, 0.4) is 0 Å². The molecule has 6 heteroatoms. The number of hydrogen-bond acceptors (Lipinski definition) is 4. The van der Waals surface area contributed by atoms with Gasteiger partial charge in [0.25, 0.3) is 0 Å². The van der Waals surface area contributed by atoms with E-state index in [2.05, 4.69) is 4.98 Å². The third-order valence-corrected chi connectivity index (χ3v) is 2.86. The van der Waals surface area contributed by atoms with E-state index in [1.807, 2.05) is 6.07 Å². The summed E-state index contributed by atoms with van der Waals surface area (Å²) in [6.07, 6.45) is 1.45. The van der Waals surface area contributed by atoms with Gasteiger partial charge in [-0.2, -0.15) is 5.26 Å². The molecule has 1 aliphatic heterocycles. The largest absolute Gasteiger partial charge is 0.470 e. The molecule has 0 radical (unpaired) electrons. The molecule has 1 aliphatic rings. The average Bonchev–Trinajstić information content (AvgIpc) is 2.32. The molecule has 2 rings (SSSR count). The number of alkyl halides is 1. The lowest BCUT2D eigenvalue weighted by Crippen LogP contribution is -2.57. The molecule has 2 heterocycles. The minimum absolute atomic E-state index is 0.0990. The van der Waals surface area contributed by atoms with Gasteiger partial charge in [0.2, 0.25) is 11.8 Å². The molecule has 94 valence electrons. The van der Waals surface area contributed by atoms with E-state index >= 15 is 0 Å². The molecule has 0 aromatic carbocycles. The molecule has 1 saturated heterocycles. The second-order valence-electron chi connectivity index (χ2n) is 4.07. The monoisotopic (exact) mass is 265 g/mol. The molecule has 1 unspecified atom stereocenters. The Labute approximate surface area is 110 Å². The number of carbonyl (C=O) groups is 1. The quantitative estimate of drug-likeness (QED) is 0.770. The van der Waals surface area contributed by atoms with Gasteiger partial charge < -0.3 is 9.64 Å². The number of likely N-dealkylation sites (tertiary alicyclic amines) is 1. The molecule has 0 bridgehead atoms. The van der Waals surface area contributed by atoms with Crippen molar-refractivity contribution in [1.29, 1.82) is 5.26 Å². The zero-order chi connectivity index (χ0) is 13.1. The normalized spacial score (nSPS) is 16.6. The van der Waals surface area contributed by atoms with E-state index in [-0.39, 0.29) is 12.0 Å². The maximum Gasteiger partial charge on any atom is 0.240 e. The van der Waals surface area contributed by atoms with E-state index in [0.29, 0.717) is 24.5 Å². The molecule has 5 nitrogen and oxygen atoms in total. The van der Waals surface area contributed by atoms with E-state index in [9.17, 15) is 4.79 Å². The lowest BCUT2D eigenvalue weighted by molar-refractivity contribution is -0.139. The van der Waals surface area contributed by atoms with Crippen LogP contribution in [0.15, 0.2) is 18.3 Å². The topological polar surface area (TPSA) is 66.2 Å². The van der Waals surface area contributed by atoms with Gasteiger partial charge in [-0.3, -0.25) is 4.79 Å². The number of aromatic nitrogens is 1. The minimum Gasteiger partial charge on any atom is -0.470 e. The Kier molecular flexibility index (Phi) is 3.68. The van der Waals surface area contributed by atoms with Crippen molar-refractivity contribution in [2.24, 2.45) is 0 Å². The maximum absolute atomic E-state index is 11.5. The van der Waals surface area contributed by atoms with Crippen molar-refractivity contribution in [1.82, 2.24) is 9.88 Å². The summed E-state index contributed by atoms with van der Waals surface area (Å²) in [5.41, 5.74) is 0.396. The average molecular weight is 266 g/mol. The van der Waals surface area contributed by atoms with Crippen LogP contribution in [-0.2, 0) is 4.79 Å². The lowest BCUT2D eigenvalue weighted by Gasteiger charge is -2.39. The van der Waals surface area contributed by atoms with Gasteiger partial charge in [0.05, 0.1) is 13.1 Å². The van der Waals surface area contributed by atoms with Crippen molar-refractivity contribution >= 4 is 17.5 Å². The second kappa shape index (κ2) is 5.23. The fourth-order valence-electron chi connectivity index (χ4n) is 1.67. The van der Waals surface area contributed by atoms with Gasteiger partial charge in [-0.05, 0) is 19.1 Å². The van der Waals surface area contributed by atoms with Gasteiger partial charge in [-0.1, -0.05) is 0 Å². The smallest absolute Gasteiger partial charge is 0.240 e. The van der Waals surface area contributed by atoms with Gasteiger partial charge in [-0.15, -0.1) is 11.6 Å². The molecule has 1 amide bonds. The highest BCUT2D eigenvalue weighted by molar-refractivity contribution is 6.30. The first-order valence-corrected chi connectivity index (χ1v) is 6.00. The van der Waals surface area contributed by atoms with Crippen LogP contribution < -0.4 is 4.74 Å². The number of amides is 1. The van der Waals surface area contributed by atoms with Crippen molar-refractivity contribution in [3.05, 3.63) is 23.9 Å². The van der Waals surface area contributed by atoms with Crippen LogP contribution >= 0.6 is 11.6 Å². The van der Waals surface area contributed by atoms with Crippen LogP contribution in [0, 0.1) is 11.3 Å². The third-order valence-electron chi connectivity index (χ3n) is 2.67. The molecule has 1 atom stereocenters. The number of halogens is 1. The number of hydrogen-bond donors (Lipinski definition) is 0. The highest BCUT2D eigenvalue weighted by atomic mass is 35.5. The van der Waals surface area contributed by atoms with Gasteiger partial charge >= 0.3 is 0 Å². The van der Waals surface area contributed by atoms with E-state index < -0.39 is 5.38 Å². The zero-order valence-electron chi connectivity index (χ0n) is 9.84. The molecule has 18 heavy (non-hydrogen) atoms. The number of rotatable bonds is 3. The van der Waals surface area contributed by atoms with Gasteiger partial charge in [0.1, 0.15) is 23.1 Å². The van der Waals surface area contributed by atoms with Crippen LogP contribution in [0.5, 0.6) is 5.88 Å². The molecular weight excluding hydrogens is 254 g/mol. The molecule has 0 spiro atoms. The summed E-state index contributed by atoms with van der Waals surface area (Å²) < 4.78 is 5.56. The molecule has 0 aliphatic carbocycles. The Morgan fingerprint density at radius 1 is 1.72 bits per heavy atom. The molecular formula is C12H12ClN3O2. The van der Waals surface area contributed by atoms with Gasteiger partial charge in [0.15, 0.2) is 0 Å². The Morgan fingerprint density at radius 2 is 2.44 bits per heavy atom. The summed E-state index contributed by atoms with van der Waals surface area (Å²) in [6.45, 7) is 2.61. The third kappa shape index (κ3) is 2.54. The van der Waals surface area contributed by atoms with Crippen LogP contribution in [0.4, 0.5) is 0 Å². The van der Waals surface area contributed by atoms with Crippen LogP contribution in [0.25, 0.3) is 0 Å². The standard InChI is InChI=1S/C12H12ClN3O2/c1-8(13)12(17)16-6-10(7-16)18-11-9(5-14)3-2-4-15-11/h2-4,8,10H,6-7H2,1H3. The van der Waals surface area contributed by atoms with Gasteiger partial charge in [0, 0.05) is 6.20 Å². The van der Waals surface area contributed by atoms with Crippen LogP contribution in [0.2, 0.25) is 0 Å². The zero-order valence-corrected chi connectivity index (χ0v) is 10.6. The molecule has 1 aromatic heterocycles. The van der Waals surface area contributed by atoms with Gasteiger partial charge in [-0.25, -0.2) is 4.98 Å². The number of carbonyl (C=O) groups excluding carboxylic acids is 1. The predicted octanol–water partition coefficient (Wildman–Crippen LogP) is 1.17. The Bertz CT molecular complexity index is 492. The summed E-state index contributed by atoms with van der Waals surface area (Å²) in [5, 5.41) is 8.36. The van der Waals surface area contributed by atoms with Crippen molar-refractivity contribution in [2.45, 2.75) is 18.4 Å². The van der Waals surface area contributed by atoms with Crippen LogP contribution in [-0.4, -0.2) is 40.4 Å². The number of ether oxygens (including phenoxy) is 1. The summed E-state index contributed by atoms with van der Waals surface area (Å²) >= 11 is 5.70. The predicted molar refractivity (Wildman–Crippen MR) is 65.3 cm³/mol. The molecule has 1 fully saturated rings. The number of nitrogens with zero attached hydrogens (tertiary/aromatic N) is 3. The summed E-state index contributed by atoms with van der Waals surface area (Å²) in [7, 11) is 0. The first-order chi connectivity index (χ1) is 8.61. The SMILES string of the molecule is CC(Cl)C(=O)N1CC(Oc2ncccc2C#N)C1. The van der Waals surface area contributed by atoms with Crippen molar-refractivity contribution in [3.8, 4) is 11.9 Å². The maximum atomic E-state index is 11.5. The van der Waals surface area contributed by atoms with E-state index in [4.69, 9.17) is 21.6 Å². The Balaban J connectivity index is 1.91. The van der Waals surface area contributed by atoms with Crippen molar-refractivity contribution in [2.75, 3.05) is 13.1 Å². The highest BCUT2D eigenvalue weighted by Crippen LogP contribution is 2.20. The summed E-state index contributed by atoms with van der Waals surface area (Å²) in [5.74, 6) is 0.217. The van der Waals surface area contributed by atoms with E-state index in [1.165, 1.54) is 0 Å². The molecule has 1 aromatic rings. The first-order valence-electron chi connectivity index (χ1n) is 5.56. The molecule has 0 N–H and O–H groups in total. The minimum atomic E-state index is -0.518. The summed E-state index contributed by atoms with van der Waals surface area (Å²) in [4.78, 5) is 17.1.